The Morgan fingerprint density at radius 2 is 1.73 bits per heavy atom. The summed E-state index contributed by atoms with van der Waals surface area (Å²) in [4.78, 5) is 24.5. The average Bonchev–Trinajstić information content (AvgIpc) is 2.61. The number of fused-ring (bicyclic) bond motifs is 1. The Morgan fingerprint density at radius 1 is 1.08 bits per heavy atom. The summed E-state index contributed by atoms with van der Waals surface area (Å²) in [6, 6.07) is 9.66. The number of carbonyl (C=O) groups excluding carboxylic acids is 2. The smallest absolute Gasteiger partial charge is 0.341 e. The minimum Gasteiger partial charge on any atom is -0.486 e. The summed E-state index contributed by atoms with van der Waals surface area (Å²) in [5.41, 5.74) is 0.521. The topological polar surface area (TPSA) is 73.9 Å². The Labute approximate surface area is 159 Å². The van der Waals surface area contributed by atoms with E-state index in [1.807, 2.05) is 0 Å². The molecule has 1 amide bonds. The molecule has 0 spiro atoms. The number of halogens is 2. The molecule has 0 radical (unpaired) electrons. The second-order valence-electron chi connectivity index (χ2n) is 5.49. The van der Waals surface area contributed by atoms with Crippen molar-refractivity contribution in [2.75, 3.05) is 18.5 Å². The van der Waals surface area contributed by atoms with Crippen LogP contribution in [0.15, 0.2) is 36.4 Å². The highest BCUT2D eigenvalue weighted by Crippen LogP contribution is 2.32. The molecule has 0 bridgehead atoms. The van der Waals surface area contributed by atoms with Gasteiger partial charge in [0, 0.05) is 11.8 Å². The maximum Gasteiger partial charge on any atom is 0.341 e. The molecule has 26 heavy (non-hydrogen) atoms. The fraction of sp³-hybridized carbons (Fsp3) is 0.222. The van der Waals surface area contributed by atoms with Gasteiger partial charge in [-0.2, -0.15) is 0 Å². The van der Waals surface area contributed by atoms with Crippen molar-refractivity contribution in [3.63, 3.8) is 0 Å². The predicted molar refractivity (Wildman–Crippen MR) is 97.4 cm³/mol. The number of nitrogens with one attached hydrogen (secondary N) is 1. The molecule has 0 saturated carbocycles. The van der Waals surface area contributed by atoms with Crippen molar-refractivity contribution in [2.45, 2.75) is 13.0 Å². The monoisotopic (exact) mass is 395 g/mol. The molecule has 1 heterocycles. The van der Waals surface area contributed by atoms with Crippen LogP contribution in [-0.2, 0) is 9.53 Å². The lowest BCUT2D eigenvalue weighted by Crippen LogP contribution is -2.30. The van der Waals surface area contributed by atoms with Gasteiger partial charge in [-0.05, 0) is 31.2 Å². The van der Waals surface area contributed by atoms with Gasteiger partial charge < -0.3 is 19.5 Å². The zero-order chi connectivity index (χ0) is 18.7. The third-order valence-corrected chi connectivity index (χ3v) is 4.26. The molecule has 2 aromatic carbocycles. The van der Waals surface area contributed by atoms with Crippen LogP contribution >= 0.6 is 23.2 Å². The summed E-state index contributed by atoms with van der Waals surface area (Å²) >= 11 is 11.9. The second kappa shape index (κ2) is 7.85. The van der Waals surface area contributed by atoms with Crippen LogP contribution in [0.2, 0.25) is 10.0 Å². The Kier molecular flexibility index (Phi) is 5.54. The number of hydrogen-bond donors (Lipinski definition) is 1. The van der Waals surface area contributed by atoms with E-state index in [4.69, 9.17) is 37.4 Å². The SMILES string of the molecule is C[C@@H](OC(=O)c1c(Cl)cccc1Cl)C(=O)Nc1ccc2c(c1)OCCO2. The van der Waals surface area contributed by atoms with Gasteiger partial charge in [0.25, 0.3) is 5.91 Å². The van der Waals surface area contributed by atoms with Crippen molar-refractivity contribution in [2.24, 2.45) is 0 Å². The standard InChI is InChI=1S/C18H15Cl2NO5/c1-10(26-18(23)16-12(19)3-2-4-13(16)20)17(22)21-11-5-6-14-15(9-11)25-8-7-24-14/h2-6,9-10H,7-8H2,1H3,(H,21,22)/t10-/m1/s1. The number of hydrogen-bond acceptors (Lipinski definition) is 5. The summed E-state index contributed by atoms with van der Waals surface area (Å²) in [7, 11) is 0. The van der Waals surface area contributed by atoms with Gasteiger partial charge in [-0.15, -0.1) is 0 Å². The number of rotatable bonds is 4. The van der Waals surface area contributed by atoms with Crippen LogP contribution in [0.4, 0.5) is 5.69 Å². The molecule has 8 heteroatoms. The number of esters is 1. The van der Waals surface area contributed by atoms with E-state index in [0.29, 0.717) is 30.4 Å². The van der Waals surface area contributed by atoms with Gasteiger partial charge in [0.05, 0.1) is 15.6 Å². The maximum atomic E-state index is 12.3. The first-order valence-electron chi connectivity index (χ1n) is 7.81. The second-order valence-corrected chi connectivity index (χ2v) is 6.31. The van der Waals surface area contributed by atoms with Gasteiger partial charge in [0.1, 0.15) is 13.2 Å². The third kappa shape index (κ3) is 4.03. The number of anilines is 1. The normalized spacial score (nSPS) is 13.7. The van der Waals surface area contributed by atoms with E-state index in [0.717, 1.165) is 0 Å². The minimum absolute atomic E-state index is 0.0230. The quantitative estimate of drug-likeness (QED) is 0.793. The van der Waals surface area contributed by atoms with Gasteiger partial charge in [-0.3, -0.25) is 4.79 Å². The first-order chi connectivity index (χ1) is 12.5. The van der Waals surface area contributed by atoms with E-state index in [1.165, 1.54) is 19.1 Å². The Morgan fingerprint density at radius 3 is 2.42 bits per heavy atom. The van der Waals surface area contributed by atoms with Gasteiger partial charge in [-0.25, -0.2) is 4.79 Å². The molecule has 0 aromatic heterocycles. The highest BCUT2D eigenvalue weighted by Gasteiger charge is 2.23. The van der Waals surface area contributed by atoms with Crippen molar-refractivity contribution >= 4 is 40.8 Å². The summed E-state index contributed by atoms with van der Waals surface area (Å²) in [6.45, 7) is 2.38. The Bertz CT molecular complexity index is 835. The van der Waals surface area contributed by atoms with Crippen LogP contribution in [0.25, 0.3) is 0 Å². The van der Waals surface area contributed by atoms with Gasteiger partial charge >= 0.3 is 5.97 Å². The molecule has 6 nitrogen and oxygen atoms in total. The third-order valence-electron chi connectivity index (χ3n) is 3.63. The molecule has 0 unspecified atom stereocenters. The van der Waals surface area contributed by atoms with Crippen molar-refractivity contribution in [3.05, 3.63) is 52.0 Å². The van der Waals surface area contributed by atoms with Crippen LogP contribution in [0.5, 0.6) is 11.5 Å². The van der Waals surface area contributed by atoms with Crippen LogP contribution in [0.1, 0.15) is 17.3 Å². The molecule has 1 atom stereocenters. The largest absolute Gasteiger partial charge is 0.486 e. The van der Waals surface area contributed by atoms with Crippen LogP contribution in [-0.4, -0.2) is 31.2 Å². The molecular formula is C18H15Cl2NO5. The van der Waals surface area contributed by atoms with E-state index in [-0.39, 0.29) is 15.6 Å². The van der Waals surface area contributed by atoms with E-state index >= 15 is 0 Å². The fourth-order valence-electron chi connectivity index (χ4n) is 2.33. The minimum atomic E-state index is -1.05. The van der Waals surface area contributed by atoms with E-state index in [1.54, 1.807) is 24.3 Å². The highest BCUT2D eigenvalue weighted by molar-refractivity contribution is 6.39. The fourth-order valence-corrected chi connectivity index (χ4v) is 2.88. The predicted octanol–water partition coefficient (Wildman–Crippen LogP) is 3.95. The molecular weight excluding hydrogens is 381 g/mol. The molecule has 0 aliphatic carbocycles. The number of amides is 1. The maximum absolute atomic E-state index is 12.3. The van der Waals surface area contributed by atoms with E-state index < -0.39 is 18.0 Å². The first kappa shape index (κ1) is 18.4. The van der Waals surface area contributed by atoms with E-state index in [2.05, 4.69) is 5.32 Å². The first-order valence-corrected chi connectivity index (χ1v) is 8.57. The van der Waals surface area contributed by atoms with Crippen molar-refractivity contribution in [1.82, 2.24) is 0 Å². The molecule has 1 aliphatic rings. The Hall–Kier alpha value is -2.44. The zero-order valence-electron chi connectivity index (χ0n) is 13.8. The molecule has 0 saturated heterocycles. The highest BCUT2D eigenvalue weighted by atomic mass is 35.5. The lowest BCUT2D eigenvalue weighted by atomic mass is 10.2. The van der Waals surface area contributed by atoms with Gasteiger partial charge in [-0.1, -0.05) is 29.3 Å². The molecule has 136 valence electrons. The molecule has 1 N–H and O–H groups in total. The zero-order valence-corrected chi connectivity index (χ0v) is 15.3. The number of ether oxygens (including phenoxy) is 3. The summed E-state index contributed by atoms with van der Waals surface area (Å²) < 4.78 is 16.1. The van der Waals surface area contributed by atoms with Crippen LogP contribution in [0.3, 0.4) is 0 Å². The number of benzene rings is 2. The van der Waals surface area contributed by atoms with Crippen molar-refractivity contribution < 1.29 is 23.8 Å². The lowest BCUT2D eigenvalue weighted by Gasteiger charge is -2.19. The molecule has 3 rings (SSSR count). The van der Waals surface area contributed by atoms with Gasteiger partial charge in [0.2, 0.25) is 0 Å². The molecule has 1 aliphatic heterocycles. The Balaban J connectivity index is 1.65. The van der Waals surface area contributed by atoms with Crippen molar-refractivity contribution in [3.8, 4) is 11.5 Å². The van der Waals surface area contributed by atoms with Crippen LogP contribution in [0, 0.1) is 0 Å². The molecule has 2 aromatic rings. The van der Waals surface area contributed by atoms with Crippen molar-refractivity contribution in [1.29, 1.82) is 0 Å². The van der Waals surface area contributed by atoms with Gasteiger partial charge in [0.15, 0.2) is 17.6 Å². The van der Waals surface area contributed by atoms with Crippen LogP contribution < -0.4 is 14.8 Å². The molecule has 0 fully saturated rings. The average molecular weight is 396 g/mol. The van der Waals surface area contributed by atoms with E-state index in [9.17, 15) is 9.59 Å². The summed E-state index contributed by atoms with van der Waals surface area (Å²) in [5.74, 6) is -0.118. The summed E-state index contributed by atoms with van der Waals surface area (Å²) in [5, 5.41) is 2.97. The lowest BCUT2D eigenvalue weighted by molar-refractivity contribution is -0.123. The number of carbonyl (C=O) groups is 2. The summed E-state index contributed by atoms with van der Waals surface area (Å²) in [6.07, 6.45) is -1.05.